The Morgan fingerprint density at radius 1 is 1.38 bits per heavy atom. The second-order valence-corrected chi connectivity index (χ2v) is 5.66. The van der Waals surface area contributed by atoms with Crippen LogP contribution in [-0.4, -0.2) is 20.8 Å². The number of anilines is 2. The minimum Gasteiger partial charge on any atom is -0.399 e. The maximum Gasteiger partial charge on any atom is 0.285 e. The molecule has 1 aliphatic heterocycles. The summed E-state index contributed by atoms with van der Waals surface area (Å²) in [5, 5.41) is 0. The van der Waals surface area contributed by atoms with Crippen LogP contribution in [0, 0.1) is 0 Å². The largest absolute Gasteiger partial charge is 0.399 e. The van der Waals surface area contributed by atoms with Crippen molar-refractivity contribution in [3.05, 3.63) is 18.2 Å². The maximum atomic E-state index is 11.7. The third-order valence-electron chi connectivity index (χ3n) is 2.79. The lowest BCUT2D eigenvalue weighted by atomic mass is 10.2. The van der Waals surface area contributed by atoms with Crippen molar-refractivity contribution < 1.29 is 8.42 Å². The summed E-state index contributed by atoms with van der Waals surface area (Å²) in [5.74, 6) is 0. The van der Waals surface area contributed by atoms with E-state index in [1.54, 1.807) is 12.1 Å². The molecular formula is C10H11N3O2S. The molecule has 1 aliphatic carbocycles. The molecule has 2 N–H and O–H groups in total. The molecule has 3 rings (SSSR count). The molecule has 0 bridgehead atoms. The molecule has 0 radical (unpaired) electrons. The molecule has 6 heteroatoms. The average Bonchev–Trinajstić information content (AvgIpc) is 3.03. The Bertz CT molecular complexity index is 576. The van der Waals surface area contributed by atoms with Gasteiger partial charge in [-0.3, -0.25) is 0 Å². The van der Waals surface area contributed by atoms with Crippen molar-refractivity contribution in [2.75, 3.05) is 10.6 Å². The van der Waals surface area contributed by atoms with Gasteiger partial charge in [-0.25, -0.2) is 0 Å². The number of hydrogen-bond donors (Lipinski definition) is 1. The van der Waals surface area contributed by atoms with Crippen LogP contribution in [0.2, 0.25) is 0 Å². The molecule has 1 saturated carbocycles. The van der Waals surface area contributed by atoms with Crippen molar-refractivity contribution >= 4 is 27.7 Å². The molecule has 1 fully saturated rings. The molecule has 0 spiro atoms. The minimum atomic E-state index is -3.56. The Hall–Kier alpha value is -1.56. The summed E-state index contributed by atoms with van der Waals surface area (Å²) in [5.41, 5.74) is 6.73. The van der Waals surface area contributed by atoms with E-state index in [0.717, 1.165) is 12.8 Å². The van der Waals surface area contributed by atoms with Crippen LogP contribution < -0.4 is 10.6 Å². The highest BCUT2D eigenvalue weighted by atomic mass is 32.2. The Kier molecular flexibility index (Phi) is 1.79. The molecule has 0 aromatic heterocycles. The van der Waals surface area contributed by atoms with Crippen molar-refractivity contribution in [3.63, 3.8) is 0 Å². The Labute approximate surface area is 93.6 Å². The van der Waals surface area contributed by atoms with Gasteiger partial charge in [-0.1, -0.05) is 0 Å². The predicted octanol–water partition coefficient (Wildman–Crippen LogP) is 0.968. The van der Waals surface area contributed by atoms with Gasteiger partial charge in [0.15, 0.2) is 0 Å². The van der Waals surface area contributed by atoms with Gasteiger partial charge in [0.25, 0.3) is 10.0 Å². The first-order chi connectivity index (χ1) is 7.58. The molecule has 0 atom stereocenters. The standard InChI is InChI=1S/C10H11N3O2S/c11-7-1-4-9-10(5-7)16(14,15)12-6-13(9)8-2-3-8/h1,4-6,8H,2-3,11H2. The van der Waals surface area contributed by atoms with E-state index in [1.165, 1.54) is 12.4 Å². The molecule has 1 aromatic rings. The van der Waals surface area contributed by atoms with Crippen LogP contribution in [0.1, 0.15) is 12.8 Å². The second-order valence-electron chi connectivity index (χ2n) is 4.06. The third kappa shape index (κ3) is 1.37. The second kappa shape index (κ2) is 2.98. The van der Waals surface area contributed by atoms with E-state index in [2.05, 4.69) is 4.40 Å². The Balaban J connectivity index is 2.21. The van der Waals surface area contributed by atoms with Crippen LogP contribution in [0.5, 0.6) is 0 Å². The molecule has 0 saturated heterocycles. The van der Waals surface area contributed by atoms with Crippen LogP contribution in [0.15, 0.2) is 27.5 Å². The van der Waals surface area contributed by atoms with E-state index in [4.69, 9.17) is 5.73 Å². The fourth-order valence-corrected chi connectivity index (χ4v) is 2.89. The van der Waals surface area contributed by atoms with Crippen molar-refractivity contribution in [1.82, 2.24) is 0 Å². The number of sulfonamides is 1. The molecule has 5 nitrogen and oxygen atoms in total. The molecular weight excluding hydrogens is 226 g/mol. The third-order valence-corrected chi connectivity index (χ3v) is 4.05. The summed E-state index contributed by atoms with van der Waals surface area (Å²) in [7, 11) is -3.56. The summed E-state index contributed by atoms with van der Waals surface area (Å²) in [6.07, 6.45) is 3.57. The first kappa shape index (κ1) is 9.65. The SMILES string of the molecule is Nc1ccc2c(c1)S(=O)(=O)N=CN2C1CC1. The first-order valence-electron chi connectivity index (χ1n) is 5.06. The van der Waals surface area contributed by atoms with Gasteiger partial charge in [-0.2, -0.15) is 8.42 Å². The van der Waals surface area contributed by atoms with Crippen molar-refractivity contribution in [2.24, 2.45) is 4.40 Å². The van der Waals surface area contributed by atoms with Crippen LogP contribution in [0.25, 0.3) is 0 Å². The van der Waals surface area contributed by atoms with E-state index in [0.29, 0.717) is 17.4 Å². The summed E-state index contributed by atoms with van der Waals surface area (Å²) in [6.45, 7) is 0. The van der Waals surface area contributed by atoms with Crippen LogP contribution in [-0.2, 0) is 10.0 Å². The molecule has 2 aliphatic rings. The molecule has 84 valence electrons. The van der Waals surface area contributed by atoms with Crippen LogP contribution in [0.3, 0.4) is 0 Å². The van der Waals surface area contributed by atoms with Crippen LogP contribution >= 0.6 is 0 Å². The van der Waals surface area contributed by atoms with E-state index >= 15 is 0 Å². The summed E-state index contributed by atoms with van der Waals surface area (Å²) < 4.78 is 27.1. The number of hydrogen-bond acceptors (Lipinski definition) is 4. The number of rotatable bonds is 1. The lowest BCUT2D eigenvalue weighted by Crippen LogP contribution is -2.29. The molecule has 16 heavy (non-hydrogen) atoms. The molecule has 1 heterocycles. The predicted molar refractivity (Wildman–Crippen MR) is 62.0 cm³/mol. The van der Waals surface area contributed by atoms with E-state index in [-0.39, 0.29) is 4.90 Å². The lowest BCUT2D eigenvalue weighted by molar-refractivity contribution is 0.597. The Morgan fingerprint density at radius 2 is 2.12 bits per heavy atom. The zero-order valence-corrected chi connectivity index (χ0v) is 9.31. The summed E-state index contributed by atoms with van der Waals surface area (Å²) in [6, 6.07) is 5.31. The van der Waals surface area contributed by atoms with Gasteiger partial charge < -0.3 is 10.6 Å². The average molecular weight is 237 g/mol. The van der Waals surface area contributed by atoms with Crippen molar-refractivity contribution in [3.8, 4) is 0 Å². The van der Waals surface area contributed by atoms with E-state index in [9.17, 15) is 8.42 Å². The van der Waals surface area contributed by atoms with E-state index in [1.807, 2.05) is 4.90 Å². The first-order valence-corrected chi connectivity index (χ1v) is 6.50. The van der Waals surface area contributed by atoms with Gasteiger partial charge in [-0.05, 0) is 31.0 Å². The number of nitrogens with zero attached hydrogens (tertiary/aromatic N) is 2. The molecule has 0 unspecified atom stereocenters. The fourth-order valence-electron chi connectivity index (χ4n) is 1.83. The number of benzene rings is 1. The van der Waals surface area contributed by atoms with Gasteiger partial charge in [0.05, 0.1) is 5.69 Å². The highest BCUT2D eigenvalue weighted by Gasteiger charge is 2.34. The van der Waals surface area contributed by atoms with Crippen molar-refractivity contribution in [2.45, 2.75) is 23.8 Å². The molecule has 0 amide bonds. The zero-order chi connectivity index (χ0) is 11.3. The number of nitrogen functional groups attached to an aromatic ring is 1. The van der Waals surface area contributed by atoms with Gasteiger partial charge in [0.2, 0.25) is 0 Å². The minimum absolute atomic E-state index is 0.210. The Morgan fingerprint density at radius 3 is 2.81 bits per heavy atom. The molecule has 1 aromatic carbocycles. The number of nitrogens with two attached hydrogens (primary N) is 1. The van der Waals surface area contributed by atoms with Crippen molar-refractivity contribution in [1.29, 1.82) is 0 Å². The highest BCUT2D eigenvalue weighted by Crippen LogP contribution is 2.38. The van der Waals surface area contributed by atoms with Gasteiger partial charge in [0.1, 0.15) is 11.2 Å². The highest BCUT2D eigenvalue weighted by molar-refractivity contribution is 7.90. The summed E-state index contributed by atoms with van der Waals surface area (Å²) >= 11 is 0. The quantitative estimate of drug-likeness (QED) is 0.738. The maximum absolute atomic E-state index is 11.7. The fraction of sp³-hybridized carbons (Fsp3) is 0.300. The van der Waals surface area contributed by atoms with Crippen LogP contribution in [0.4, 0.5) is 11.4 Å². The normalized spacial score (nSPS) is 21.9. The van der Waals surface area contributed by atoms with E-state index < -0.39 is 10.0 Å². The smallest absolute Gasteiger partial charge is 0.285 e. The zero-order valence-electron chi connectivity index (χ0n) is 8.50. The van der Waals surface area contributed by atoms with Gasteiger partial charge >= 0.3 is 0 Å². The van der Waals surface area contributed by atoms with Gasteiger partial charge in [0, 0.05) is 11.7 Å². The van der Waals surface area contributed by atoms with Gasteiger partial charge in [-0.15, -0.1) is 4.40 Å². The monoisotopic (exact) mass is 237 g/mol. The lowest BCUT2D eigenvalue weighted by Gasteiger charge is -2.24. The summed E-state index contributed by atoms with van der Waals surface area (Å²) in [4.78, 5) is 2.12. The topological polar surface area (TPSA) is 75.8 Å². The number of fused-ring (bicyclic) bond motifs is 1.